The molecular weight excluding hydrogens is 520 g/mol. The third-order valence-corrected chi connectivity index (χ3v) is 7.80. The Kier molecular flexibility index (Phi) is 6.55. The molecule has 40 heavy (non-hydrogen) atoms. The fourth-order valence-electron chi connectivity index (χ4n) is 5.38. The number of likely N-dealkylation sites (tertiary alicyclic amines) is 1. The summed E-state index contributed by atoms with van der Waals surface area (Å²) >= 11 is 6.38. The van der Waals surface area contributed by atoms with Crippen molar-refractivity contribution in [2.45, 2.75) is 25.3 Å². The summed E-state index contributed by atoms with van der Waals surface area (Å²) in [6, 6.07) is 24.8. The molecule has 9 heteroatoms. The van der Waals surface area contributed by atoms with Crippen LogP contribution in [0.15, 0.2) is 91.4 Å². The van der Waals surface area contributed by atoms with Gasteiger partial charge < -0.3 is 0 Å². The summed E-state index contributed by atoms with van der Waals surface area (Å²) < 4.78 is 1.74. The number of hydrogen-bond acceptors (Lipinski definition) is 6. The van der Waals surface area contributed by atoms with E-state index in [1.807, 2.05) is 42.6 Å². The molecule has 1 fully saturated rings. The zero-order valence-corrected chi connectivity index (χ0v) is 22.5. The van der Waals surface area contributed by atoms with Crippen LogP contribution >= 0.6 is 11.6 Å². The number of halogens is 1. The van der Waals surface area contributed by atoms with Crippen LogP contribution in [0.2, 0.25) is 5.02 Å². The minimum Gasteiger partial charge on any atom is -0.299 e. The number of hydrogen-bond donors (Lipinski definition) is 1. The summed E-state index contributed by atoms with van der Waals surface area (Å²) in [6.45, 7) is 2.93. The lowest BCUT2D eigenvalue weighted by molar-refractivity contribution is 0.202. The van der Waals surface area contributed by atoms with Gasteiger partial charge in [0.25, 0.3) is 0 Å². The molecule has 1 aliphatic heterocycles. The summed E-state index contributed by atoms with van der Waals surface area (Å²) in [6.07, 6.45) is 7.48. The molecule has 5 heterocycles. The van der Waals surface area contributed by atoms with Gasteiger partial charge in [0, 0.05) is 36.0 Å². The standard InChI is InChI=1S/C31H27ClN8/c32-26-18-34-40-20-25(22-6-2-1-3-7-22)28(35-31(26)40)23-11-9-21(10-12-23)19-39-16-13-24(14-17-39)29-36-30(38-37-29)27-8-4-5-15-33-27/h1-12,15,18,20,24H,13-14,16-17,19H2,(H,36,37,38). The van der Waals surface area contributed by atoms with E-state index in [-0.39, 0.29) is 0 Å². The summed E-state index contributed by atoms with van der Waals surface area (Å²) in [4.78, 5) is 16.5. The van der Waals surface area contributed by atoms with Gasteiger partial charge in [-0.3, -0.25) is 15.0 Å². The Bertz CT molecular complexity index is 1740. The van der Waals surface area contributed by atoms with Gasteiger partial charge in [-0.05, 0) is 49.2 Å². The average molecular weight is 547 g/mol. The van der Waals surface area contributed by atoms with Crippen LogP contribution in [-0.4, -0.2) is 52.8 Å². The number of pyridine rings is 1. The van der Waals surface area contributed by atoms with E-state index in [1.165, 1.54) is 5.56 Å². The lowest BCUT2D eigenvalue weighted by Crippen LogP contribution is -2.32. The molecule has 1 N–H and O–H groups in total. The fraction of sp³-hybridized carbons (Fsp3) is 0.194. The molecule has 0 spiro atoms. The smallest absolute Gasteiger partial charge is 0.174 e. The number of piperidine rings is 1. The molecule has 2 aromatic carbocycles. The zero-order chi connectivity index (χ0) is 26.9. The highest BCUT2D eigenvalue weighted by atomic mass is 35.5. The zero-order valence-electron chi connectivity index (χ0n) is 21.8. The highest BCUT2D eigenvalue weighted by Gasteiger charge is 2.24. The Morgan fingerprint density at radius 2 is 1.68 bits per heavy atom. The van der Waals surface area contributed by atoms with Crippen molar-refractivity contribution in [1.82, 2.24) is 39.7 Å². The van der Waals surface area contributed by atoms with Gasteiger partial charge in [-0.25, -0.2) is 14.5 Å². The van der Waals surface area contributed by atoms with E-state index in [0.717, 1.165) is 72.2 Å². The number of H-pyrrole nitrogens is 1. The molecule has 7 rings (SSSR count). The van der Waals surface area contributed by atoms with Gasteiger partial charge in [-0.15, -0.1) is 0 Å². The Labute approximate surface area is 236 Å². The SMILES string of the molecule is Clc1cnn2cc(-c3ccccc3)c(-c3ccc(CN4CCC(c5n[nH]c(-c6ccccn6)n5)CC4)cc3)nc12. The molecule has 4 aromatic heterocycles. The third-order valence-electron chi connectivity index (χ3n) is 7.53. The van der Waals surface area contributed by atoms with Crippen LogP contribution in [0.3, 0.4) is 0 Å². The predicted molar refractivity (Wildman–Crippen MR) is 156 cm³/mol. The molecule has 1 aliphatic rings. The summed E-state index contributed by atoms with van der Waals surface area (Å²) in [5.74, 6) is 1.99. The number of benzene rings is 2. The van der Waals surface area contributed by atoms with Crippen molar-refractivity contribution >= 4 is 17.2 Å². The minimum atomic E-state index is 0.361. The molecule has 0 unspecified atom stereocenters. The Balaban J connectivity index is 1.05. The molecule has 0 radical (unpaired) electrons. The third kappa shape index (κ3) is 4.87. The summed E-state index contributed by atoms with van der Waals surface area (Å²) in [7, 11) is 0. The second kappa shape index (κ2) is 10.6. The van der Waals surface area contributed by atoms with Gasteiger partial charge in [-0.2, -0.15) is 10.2 Å². The van der Waals surface area contributed by atoms with Crippen LogP contribution in [0, 0.1) is 0 Å². The first-order valence-corrected chi connectivity index (χ1v) is 13.8. The maximum Gasteiger partial charge on any atom is 0.174 e. The van der Waals surface area contributed by atoms with Crippen molar-refractivity contribution in [3.63, 3.8) is 0 Å². The van der Waals surface area contributed by atoms with Crippen LogP contribution in [0.5, 0.6) is 0 Å². The van der Waals surface area contributed by atoms with Gasteiger partial charge in [0.1, 0.15) is 10.7 Å². The van der Waals surface area contributed by atoms with E-state index in [2.05, 4.69) is 61.6 Å². The topological polar surface area (TPSA) is 87.9 Å². The van der Waals surface area contributed by atoms with Crippen molar-refractivity contribution in [2.75, 3.05) is 13.1 Å². The van der Waals surface area contributed by atoms with Crippen LogP contribution in [0.25, 0.3) is 39.5 Å². The number of fused-ring (bicyclic) bond motifs is 1. The van der Waals surface area contributed by atoms with Crippen molar-refractivity contribution in [2.24, 2.45) is 0 Å². The normalized spacial score (nSPS) is 14.6. The Morgan fingerprint density at radius 3 is 2.45 bits per heavy atom. The first-order valence-electron chi connectivity index (χ1n) is 13.5. The van der Waals surface area contributed by atoms with Crippen molar-refractivity contribution in [3.8, 4) is 33.9 Å². The Hall–Kier alpha value is -4.40. The summed E-state index contributed by atoms with van der Waals surface area (Å²) in [5.41, 5.74) is 6.80. The number of aromatic nitrogens is 7. The van der Waals surface area contributed by atoms with Crippen LogP contribution in [0.1, 0.15) is 30.1 Å². The van der Waals surface area contributed by atoms with Crippen molar-refractivity contribution < 1.29 is 0 Å². The number of aromatic amines is 1. The first kappa shape index (κ1) is 24.6. The van der Waals surface area contributed by atoms with E-state index in [9.17, 15) is 0 Å². The quantitative estimate of drug-likeness (QED) is 0.265. The van der Waals surface area contributed by atoms with E-state index in [4.69, 9.17) is 21.6 Å². The molecule has 6 aromatic rings. The lowest BCUT2D eigenvalue weighted by Gasteiger charge is -2.30. The Morgan fingerprint density at radius 1 is 0.875 bits per heavy atom. The maximum atomic E-state index is 6.38. The first-order chi connectivity index (χ1) is 19.7. The number of nitrogens with zero attached hydrogens (tertiary/aromatic N) is 7. The second-order valence-corrected chi connectivity index (χ2v) is 10.5. The highest BCUT2D eigenvalue weighted by molar-refractivity contribution is 6.33. The van der Waals surface area contributed by atoms with Gasteiger partial charge in [0.05, 0.1) is 11.9 Å². The maximum absolute atomic E-state index is 6.38. The van der Waals surface area contributed by atoms with Crippen LogP contribution in [-0.2, 0) is 6.54 Å². The predicted octanol–water partition coefficient (Wildman–Crippen LogP) is 6.28. The average Bonchev–Trinajstić information content (AvgIpc) is 3.65. The highest BCUT2D eigenvalue weighted by Crippen LogP contribution is 2.33. The number of nitrogens with one attached hydrogen (secondary N) is 1. The van der Waals surface area contributed by atoms with Crippen LogP contribution < -0.4 is 0 Å². The molecular formula is C31H27ClN8. The molecule has 1 saturated heterocycles. The van der Waals surface area contributed by atoms with Gasteiger partial charge in [-0.1, -0.05) is 72.3 Å². The largest absolute Gasteiger partial charge is 0.299 e. The van der Waals surface area contributed by atoms with Crippen LogP contribution in [0.4, 0.5) is 0 Å². The van der Waals surface area contributed by atoms with Gasteiger partial charge in [0.15, 0.2) is 17.3 Å². The molecule has 0 saturated carbocycles. The molecule has 198 valence electrons. The number of rotatable bonds is 6. The fourth-order valence-corrected chi connectivity index (χ4v) is 5.56. The monoisotopic (exact) mass is 546 g/mol. The summed E-state index contributed by atoms with van der Waals surface area (Å²) in [5, 5.41) is 12.5. The van der Waals surface area contributed by atoms with Gasteiger partial charge >= 0.3 is 0 Å². The van der Waals surface area contributed by atoms with Crippen molar-refractivity contribution in [1.29, 1.82) is 0 Å². The lowest BCUT2D eigenvalue weighted by atomic mass is 9.95. The minimum absolute atomic E-state index is 0.361. The van der Waals surface area contributed by atoms with Gasteiger partial charge in [0.2, 0.25) is 0 Å². The van der Waals surface area contributed by atoms with Crippen molar-refractivity contribution in [3.05, 3.63) is 108 Å². The van der Waals surface area contributed by atoms with E-state index in [1.54, 1.807) is 16.9 Å². The molecule has 0 aliphatic carbocycles. The molecule has 8 nitrogen and oxygen atoms in total. The molecule has 0 atom stereocenters. The second-order valence-electron chi connectivity index (χ2n) is 10.1. The van der Waals surface area contributed by atoms with E-state index in [0.29, 0.717) is 16.6 Å². The molecule has 0 bridgehead atoms. The molecule has 0 amide bonds. The van der Waals surface area contributed by atoms with E-state index < -0.39 is 0 Å². The van der Waals surface area contributed by atoms with E-state index >= 15 is 0 Å².